The van der Waals surface area contributed by atoms with Gasteiger partial charge in [-0.2, -0.15) is 13.2 Å². The molecule has 2 aromatic rings. The molecule has 128 valence electrons. The number of benzene rings is 2. The molecule has 24 heavy (non-hydrogen) atoms. The maximum atomic E-state index is 12.6. The first-order valence-corrected chi connectivity index (χ1v) is 9.22. The molecule has 0 heterocycles. The van der Waals surface area contributed by atoms with E-state index in [1.165, 1.54) is 7.05 Å². The Kier molecular flexibility index (Phi) is 5.56. The molecule has 0 radical (unpaired) electrons. The zero-order valence-corrected chi connectivity index (χ0v) is 14.8. The van der Waals surface area contributed by atoms with Gasteiger partial charge in [0, 0.05) is 11.9 Å². The van der Waals surface area contributed by atoms with Crippen molar-refractivity contribution in [1.29, 1.82) is 0 Å². The monoisotopic (exact) mass is 391 g/mol. The highest BCUT2D eigenvalue weighted by Gasteiger charge is 2.31. The van der Waals surface area contributed by atoms with Crippen molar-refractivity contribution in [3.63, 3.8) is 0 Å². The summed E-state index contributed by atoms with van der Waals surface area (Å²) >= 11 is 6.20. The van der Waals surface area contributed by atoms with Crippen molar-refractivity contribution in [2.24, 2.45) is 0 Å². The number of halogens is 3. The van der Waals surface area contributed by atoms with E-state index in [1.54, 1.807) is 24.3 Å². The van der Waals surface area contributed by atoms with Crippen LogP contribution < -0.4 is 0 Å². The minimum Gasteiger partial charge on any atom is -0.254 e. The summed E-state index contributed by atoms with van der Waals surface area (Å²) in [4.78, 5) is 0.506. The highest BCUT2D eigenvalue weighted by Crippen LogP contribution is 2.31. The summed E-state index contributed by atoms with van der Waals surface area (Å²) in [5.74, 6) is 0. The summed E-state index contributed by atoms with van der Waals surface area (Å²) in [5, 5.41) is 0. The topological polar surface area (TPSA) is 37.4 Å². The SMILES string of the molecule is CN(C(=S)Sc1ccccc1)S(=O)(=O)c1ccc(C(F)(F)F)cc1. The number of alkyl halides is 3. The third-order valence-corrected chi connectivity index (χ3v) is 6.53. The lowest BCUT2D eigenvalue weighted by atomic mass is 10.2. The molecule has 0 unspecified atom stereocenters. The largest absolute Gasteiger partial charge is 0.416 e. The Morgan fingerprint density at radius 3 is 2.08 bits per heavy atom. The number of thioether (sulfide) groups is 1. The zero-order valence-electron chi connectivity index (χ0n) is 12.3. The maximum Gasteiger partial charge on any atom is 0.416 e. The molecule has 0 aliphatic heterocycles. The molecule has 0 N–H and O–H groups in total. The average molecular weight is 391 g/mol. The van der Waals surface area contributed by atoms with Crippen molar-refractivity contribution in [2.75, 3.05) is 7.05 Å². The van der Waals surface area contributed by atoms with E-state index in [0.29, 0.717) is 0 Å². The molecule has 0 spiro atoms. The summed E-state index contributed by atoms with van der Waals surface area (Å²) in [7, 11) is -2.75. The van der Waals surface area contributed by atoms with Gasteiger partial charge >= 0.3 is 6.18 Å². The number of hydrogen-bond acceptors (Lipinski definition) is 4. The van der Waals surface area contributed by atoms with Crippen LogP contribution in [0.1, 0.15) is 5.56 Å². The Morgan fingerprint density at radius 1 is 1.04 bits per heavy atom. The van der Waals surface area contributed by atoms with Gasteiger partial charge in [-0.15, -0.1) is 0 Å². The van der Waals surface area contributed by atoms with Gasteiger partial charge in [-0.1, -0.05) is 42.2 Å². The molecule has 0 aromatic heterocycles. The molecule has 0 amide bonds. The Hall–Kier alpha value is -1.58. The van der Waals surface area contributed by atoms with Crippen molar-refractivity contribution in [3.05, 3.63) is 60.2 Å². The minimum atomic E-state index is -4.52. The summed E-state index contributed by atoms with van der Waals surface area (Å²) < 4.78 is 63.6. The van der Waals surface area contributed by atoms with Crippen molar-refractivity contribution in [1.82, 2.24) is 4.31 Å². The summed E-state index contributed by atoms with van der Waals surface area (Å²) in [6.07, 6.45) is -4.52. The van der Waals surface area contributed by atoms with Crippen molar-refractivity contribution >= 4 is 38.3 Å². The molecule has 2 rings (SSSR count). The molecule has 9 heteroatoms. The van der Waals surface area contributed by atoms with E-state index < -0.39 is 21.8 Å². The number of thiocarbonyl (C=S) groups is 1. The molecule has 0 aliphatic rings. The fraction of sp³-hybridized carbons (Fsp3) is 0.133. The number of sulfonamides is 1. The number of hydrogen-bond donors (Lipinski definition) is 0. The number of nitrogens with zero attached hydrogens (tertiary/aromatic N) is 1. The summed E-state index contributed by atoms with van der Waals surface area (Å²) in [6, 6.07) is 12.2. The highest BCUT2D eigenvalue weighted by molar-refractivity contribution is 8.23. The first-order chi connectivity index (χ1) is 11.1. The Labute approximate surface area is 147 Å². The van der Waals surface area contributed by atoms with Gasteiger partial charge < -0.3 is 0 Å². The van der Waals surface area contributed by atoms with E-state index in [9.17, 15) is 21.6 Å². The van der Waals surface area contributed by atoms with Gasteiger partial charge in [0.25, 0.3) is 10.0 Å². The quantitative estimate of drug-likeness (QED) is 0.574. The number of rotatable bonds is 3. The third kappa shape index (κ3) is 4.28. The van der Waals surface area contributed by atoms with Crippen LogP contribution in [0.25, 0.3) is 0 Å². The Balaban J connectivity index is 2.21. The van der Waals surface area contributed by atoms with E-state index in [-0.39, 0.29) is 9.22 Å². The van der Waals surface area contributed by atoms with Gasteiger partial charge in [-0.05, 0) is 36.4 Å². The fourth-order valence-electron chi connectivity index (χ4n) is 1.73. The lowest BCUT2D eigenvalue weighted by molar-refractivity contribution is -0.137. The molecule has 0 aliphatic carbocycles. The maximum absolute atomic E-state index is 12.6. The first kappa shape index (κ1) is 18.8. The van der Waals surface area contributed by atoms with Gasteiger partial charge in [-0.3, -0.25) is 4.31 Å². The van der Waals surface area contributed by atoms with Crippen molar-refractivity contribution in [3.8, 4) is 0 Å². The van der Waals surface area contributed by atoms with E-state index in [2.05, 4.69) is 0 Å². The van der Waals surface area contributed by atoms with Gasteiger partial charge in [0.2, 0.25) is 0 Å². The molecule has 0 saturated heterocycles. The van der Waals surface area contributed by atoms with Crippen LogP contribution in [0.5, 0.6) is 0 Å². The molecular formula is C15H12F3NO2S3. The van der Waals surface area contributed by atoms with E-state index in [1.807, 2.05) is 6.07 Å². The van der Waals surface area contributed by atoms with Crippen LogP contribution in [0.4, 0.5) is 13.2 Å². The van der Waals surface area contributed by atoms with E-state index >= 15 is 0 Å². The molecule has 0 bridgehead atoms. The average Bonchev–Trinajstić information content (AvgIpc) is 2.54. The predicted molar refractivity (Wildman–Crippen MR) is 91.3 cm³/mol. The molecule has 0 atom stereocenters. The van der Waals surface area contributed by atoms with Crippen molar-refractivity contribution < 1.29 is 21.6 Å². The van der Waals surface area contributed by atoms with Crippen LogP contribution in [0.2, 0.25) is 0 Å². The lowest BCUT2D eigenvalue weighted by Gasteiger charge is -2.19. The van der Waals surface area contributed by atoms with E-state index in [0.717, 1.165) is 45.2 Å². The standard InChI is InChI=1S/C15H12F3NO2S3/c1-19(14(22)23-12-5-3-2-4-6-12)24(20,21)13-9-7-11(8-10-13)15(16,17)18/h2-10H,1H3. The normalized spacial score (nSPS) is 12.0. The second-order valence-corrected chi connectivity index (χ2v) is 8.35. The summed E-state index contributed by atoms with van der Waals surface area (Å²) in [6.45, 7) is 0. The van der Waals surface area contributed by atoms with Crippen LogP contribution in [0, 0.1) is 0 Å². The second-order valence-electron chi connectivity index (χ2n) is 4.68. The van der Waals surface area contributed by atoms with Crippen molar-refractivity contribution in [2.45, 2.75) is 16.0 Å². The third-order valence-electron chi connectivity index (χ3n) is 3.05. The summed E-state index contributed by atoms with van der Waals surface area (Å²) in [5.41, 5.74) is -0.912. The fourth-order valence-corrected chi connectivity index (χ4v) is 4.33. The van der Waals surface area contributed by atoms with Crippen LogP contribution in [-0.2, 0) is 16.2 Å². The lowest BCUT2D eigenvalue weighted by Crippen LogP contribution is -2.30. The van der Waals surface area contributed by atoms with Crippen LogP contribution in [0.3, 0.4) is 0 Å². The smallest absolute Gasteiger partial charge is 0.254 e. The minimum absolute atomic E-state index is 0.0705. The molecule has 0 saturated carbocycles. The molecular weight excluding hydrogens is 379 g/mol. The van der Waals surface area contributed by atoms with Gasteiger partial charge in [0.15, 0.2) is 4.32 Å². The van der Waals surface area contributed by atoms with Crippen LogP contribution >= 0.6 is 24.0 Å². The molecule has 2 aromatic carbocycles. The van der Waals surface area contributed by atoms with E-state index in [4.69, 9.17) is 12.2 Å². The molecule has 3 nitrogen and oxygen atoms in total. The van der Waals surface area contributed by atoms with Gasteiger partial charge in [-0.25, -0.2) is 8.42 Å². The zero-order chi connectivity index (χ0) is 18.0. The highest BCUT2D eigenvalue weighted by atomic mass is 32.2. The molecule has 0 fully saturated rings. The Morgan fingerprint density at radius 2 is 1.58 bits per heavy atom. The first-order valence-electron chi connectivity index (χ1n) is 6.55. The second kappa shape index (κ2) is 7.12. The van der Waals surface area contributed by atoms with Crippen LogP contribution in [-0.4, -0.2) is 24.1 Å². The predicted octanol–water partition coefficient (Wildman–Crippen LogP) is 4.40. The van der Waals surface area contributed by atoms with Crippen LogP contribution in [0.15, 0.2) is 64.4 Å². The van der Waals surface area contributed by atoms with Gasteiger partial charge in [0.1, 0.15) is 0 Å². The Bertz CT molecular complexity index is 819. The van der Waals surface area contributed by atoms with Gasteiger partial charge in [0.05, 0.1) is 10.5 Å².